The molecule has 1 aliphatic rings. The van der Waals surface area contributed by atoms with Gasteiger partial charge in [0.15, 0.2) is 11.2 Å². The molecule has 5 nitrogen and oxygen atoms in total. The van der Waals surface area contributed by atoms with Gasteiger partial charge < -0.3 is 10.5 Å². The molecule has 1 aliphatic heterocycles. The van der Waals surface area contributed by atoms with Crippen LogP contribution in [0, 0.1) is 24.2 Å². The Kier molecular flexibility index (Phi) is 5.32. The third-order valence-electron chi connectivity index (χ3n) is 5.01. The summed E-state index contributed by atoms with van der Waals surface area (Å²) in [6, 6.07) is 6.70. The van der Waals surface area contributed by atoms with Crippen molar-refractivity contribution in [3.63, 3.8) is 0 Å². The summed E-state index contributed by atoms with van der Waals surface area (Å²) in [5.74, 6) is 0.935. The van der Waals surface area contributed by atoms with Crippen LogP contribution in [-0.4, -0.2) is 29.0 Å². The Morgan fingerprint density at radius 3 is 2.60 bits per heavy atom. The lowest BCUT2D eigenvalue weighted by molar-refractivity contribution is -0.214. The molecule has 1 aromatic heterocycles. The van der Waals surface area contributed by atoms with Crippen LogP contribution < -0.4 is 5.73 Å². The number of rotatable bonds is 1. The second-order valence-electron chi connectivity index (χ2n) is 7.50. The fourth-order valence-electron chi connectivity index (χ4n) is 3.22. The third kappa shape index (κ3) is 3.62. The van der Waals surface area contributed by atoms with E-state index in [-0.39, 0.29) is 23.6 Å². The Labute approximate surface area is 172 Å². The number of pyridine rings is 1. The standard InChI is InChI=1S/C22H19F3N4O/c1-20(2)22(24,25)21(3,29-19(26)13-30-20)17-11-14(6-8-18(17)23)5-7-16-12-15(27-4)9-10-28-16/h6,8-12H,13H2,1-3H3,(H2,26,29)/t21-/m1/s1. The maximum absolute atomic E-state index is 15.5. The summed E-state index contributed by atoms with van der Waals surface area (Å²) in [6.07, 6.45) is 1.44. The van der Waals surface area contributed by atoms with Gasteiger partial charge in [0.05, 0.1) is 6.57 Å². The summed E-state index contributed by atoms with van der Waals surface area (Å²) in [6.45, 7) is 10.3. The van der Waals surface area contributed by atoms with Crippen molar-refractivity contribution in [1.29, 1.82) is 0 Å². The molecule has 154 valence electrons. The summed E-state index contributed by atoms with van der Waals surface area (Å²) in [7, 11) is 0. The van der Waals surface area contributed by atoms with E-state index in [4.69, 9.17) is 17.0 Å². The van der Waals surface area contributed by atoms with Gasteiger partial charge in [-0.3, -0.25) is 9.98 Å². The third-order valence-corrected chi connectivity index (χ3v) is 5.01. The zero-order chi connectivity index (χ0) is 22.2. The zero-order valence-electron chi connectivity index (χ0n) is 16.6. The van der Waals surface area contributed by atoms with Gasteiger partial charge >= 0.3 is 5.92 Å². The molecule has 0 bridgehead atoms. The molecule has 0 fully saturated rings. The van der Waals surface area contributed by atoms with Crippen molar-refractivity contribution in [3.05, 3.63) is 70.6 Å². The number of ether oxygens (including phenoxy) is 1. The van der Waals surface area contributed by atoms with E-state index in [2.05, 4.69) is 26.7 Å². The smallest absolute Gasteiger partial charge is 0.304 e. The van der Waals surface area contributed by atoms with E-state index in [0.717, 1.165) is 13.0 Å². The number of amidine groups is 1. The number of hydrogen-bond acceptors (Lipinski definition) is 4. The lowest BCUT2D eigenvalue weighted by atomic mass is 9.77. The normalized spacial score (nSPS) is 22.1. The van der Waals surface area contributed by atoms with E-state index in [9.17, 15) is 4.39 Å². The molecule has 8 heteroatoms. The molecule has 0 radical (unpaired) electrons. The number of benzene rings is 1. The minimum absolute atomic E-state index is 0.154. The summed E-state index contributed by atoms with van der Waals surface area (Å²) in [5.41, 5.74) is 2.15. The number of nitrogens with two attached hydrogens (primary N) is 1. The van der Waals surface area contributed by atoms with E-state index in [1.807, 2.05) is 0 Å². The van der Waals surface area contributed by atoms with Crippen molar-refractivity contribution in [2.45, 2.75) is 37.8 Å². The Morgan fingerprint density at radius 1 is 1.17 bits per heavy atom. The van der Waals surface area contributed by atoms with Crippen LogP contribution in [0.25, 0.3) is 4.85 Å². The summed E-state index contributed by atoms with van der Waals surface area (Å²) in [4.78, 5) is 11.3. The van der Waals surface area contributed by atoms with Crippen LogP contribution in [-0.2, 0) is 10.3 Å². The average molecular weight is 412 g/mol. The van der Waals surface area contributed by atoms with Gasteiger partial charge in [0, 0.05) is 17.3 Å². The highest BCUT2D eigenvalue weighted by Crippen LogP contribution is 2.50. The molecule has 3 rings (SSSR count). The Morgan fingerprint density at radius 2 is 1.90 bits per heavy atom. The number of halogens is 3. The summed E-state index contributed by atoms with van der Waals surface area (Å²) < 4.78 is 50.9. The first-order chi connectivity index (χ1) is 14.0. The van der Waals surface area contributed by atoms with Gasteiger partial charge in [0.2, 0.25) is 0 Å². The molecule has 2 aromatic rings. The van der Waals surface area contributed by atoms with Crippen molar-refractivity contribution in [2.75, 3.05) is 6.61 Å². The molecule has 2 heterocycles. The van der Waals surface area contributed by atoms with Gasteiger partial charge in [0.25, 0.3) is 0 Å². The van der Waals surface area contributed by atoms with E-state index >= 15 is 8.78 Å². The monoisotopic (exact) mass is 412 g/mol. The average Bonchev–Trinajstić information content (AvgIpc) is 2.76. The highest BCUT2D eigenvalue weighted by atomic mass is 19.3. The van der Waals surface area contributed by atoms with Crippen molar-refractivity contribution < 1.29 is 17.9 Å². The van der Waals surface area contributed by atoms with E-state index in [0.29, 0.717) is 11.4 Å². The molecule has 0 saturated carbocycles. The molecule has 2 N–H and O–H groups in total. The number of nitrogens with zero attached hydrogens (tertiary/aromatic N) is 3. The second-order valence-corrected chi connectivity index (χ2v) is 7.50. The van der Waals surface area contributed by atoms with Crippen molar-refractivity contribution in [1.82, 2.24) is 4.98 Å². The lowest BCUT2D eigenvalue weighted by Crippen LogP contribution is -2.56. The largest absolute Gasteiger partial charge is 0.385 e. The fraction of sp³-hybridized carbons (Fsp3) is 0.318. The number of hydrogen-bond donors (Lipinski definition) is 1. The fourth-order valence-corrected chi connectivity index (χ4v) is 3.22. The predicted molar refractivity (Wildman–Crippen MR) is 107 cm³/mol. The van der Waals surface area contributed by atoms with Crippen LogP contribution in [0.1, 0.15) is 37.6 Å². The van der Waals surface area contributed by atoms with Gasteiger partial charge in [-0.2, -0.15) is 0 Å². The van der Waals surface area contributed by atoms with Gasteiger partial charge in [-0.15, -0.1) is 0 Å². The van der Waals surface area contributed by atoms with Gasteiger partial charge in [-0.25, -0.2) is 18.0 Å². The second kappa shape index (κ2) is 7.47. The summed E-state index contributed by atoms with van der Waals surface area (Å²) >= 11 is 0. The molecule has 1 atom stereocenters. The maximum Gasteiger partial charge on any atom is 0.304 e. The maximum atomic E-state index is 15.5. The predicted octanol–water partition coefficient (Wildman–Crippen LogP) is 4.19. The van der Waals surface area contributed by atoms with Crippen molar-refractivity contribution in [2.24, 2.45) is 10.7 Å². The minimum Gasteiger partial charge on any atom is -0.385 e. The Hall–Kier alpha value is -3.36. The molecular formula is C22H19F3N4O. The number of aliphatic imine (C=N–C) groups is 1. The van der Waals surface area contributed by atoms with Crippen molar-refractivity contribution in [3.8, 4) is 11.8 Å². The molecule has 0 unspecified atom stereocenters. The zero-order valence-corrected chi connectivity index (χ0v) is 16.6. The van der Waals surface area contributed by atoms with Crippen LogP contribution >= 0.6 is 0 Å². The molecule has 1 aromatic carbocycles. The molecule has 0 amide bonds. The first-order valence-electron chi connectivity index (χ1n) is 9.02. The SMILES string of the molecule is [C-]#[N+]c1ccnc(C#Cc2ccc(F)c([C@@]3(C)N=C(N)COC(C)(C)C3(F)F)c2)c1. The highest BCUT2D eigenvalue weighted by molar-refractivity contribution is 5.82. The molecule has 0 spiro atoms. The van der Waals surface area contributed by atoms with Crippen molar-refractivity contribution >= 4 is 11.5 Å². The minimum atomic E-state index is -3.58. The van der Waals surface area contributed by atoms with Crippen LogP contribution in [0.15, 0.2) is 41.5 Å². The van der Waals surface area contributed by atoms with E-state index < -0.39 is 22.9 Å². The van der Waals surface area contributed by atoms with Gasteiger partial charge in [-0.1, -0.05) is 5.92 Å². The lowest BCUT2D eigenvalue weighted by Gasteiger charge is -2.41. The first kappa shape index (κ1) is 21.4. The molecule has 0 aliphatic carbocycles. The van der Waals surface area contributed by atoms with E-state index in [1.54, 1.807) is 0 Å². The van der Waals surface area contributed by atoms with Gasteiger partial charge in [-0.05, 0) is 57.0 Å². The van der Waals surface area contributed by atoms with Crippen LogP contribution in [0.2, 0.25) is 0 Å². The van der Waals surface area contributed by atoms with Gasteiger partial charge in [0.1, 0.15) is 29.6 Å². The number of alkyl halides is 2. The molecule has 30 heavy (non-hydrogen) atoms. The Bertz CT molecular complexity index is 1130. The topological polar surface area (TPSA) is 64.9 Å². The number of aromatic nitrogens is 1. The molecular weight excluding hydrogens is 393 g/mol. The van der Waals surface area contributed by atoms with E-state index in [1.165, 1.54) is 44.3 Å². The van der Waals surface area contributed by atoms with Crippen LogP contribution in [0.3, 0.4) is 0 Å². The van der Waals surface area contributed by atoms with Crippen LogP contribution in [0.5, 0.6) is 0 Å². The van der Waals surface area contributed by atoms with Crippen LogP contribution in [0.4, 0.5) is 18.9 Å². The summed E-state index contributed by atoms with van der Waals surface area (Å²) in [5, 5.41) is 0. The first-order valence-corrected chi connectivity index (χ1v) is 9.02. The quantitative estimate of drug-likeness (QED) is 0.564. The molecule has 0 saturated heterocycles. The highest BCUT2D eigenvalue weighted by Gasteiger charge is 2.63. The Balaban J connectivity index is 2.12.